The van der Waals surface area contributed by atoms with Crippen LogP contribution in [0.25, 0.3) is 0 Å². The van der Waals surface area contributed by atoms with E-state index in [0.717, 1.165) is 38.9 Å². The quantitative estimate of drug-likeness (QED) is 0.794. The van der Waals surface area contributed by atoms with Crippen LogP contribution >= 0.6 is 11.3 Å². The zero-order valence-corrected chi connectivity index (χ0v) is 14.9. The highest BCUT2D eigenvalue weighted by Gasteiger charge is 2.30. The fraction of sp³-hybridized carbons (Fsp3) is 0.824. The summed E-state index contributed by atoms with van der Waals surface area (Å²) in [5.74, 6) is 0. The number of aromatic nitrogens is 1. The Kier molecular flexibility index (Phi) is 4.85. The van der Waals surface area contributed by atoms with Gasteiger partial charge in [-0.3, -0.25) is 9.80 Å². The van der Waals surface area contributed by atoms with Gasteiger partial charge in [0.15, 0.2) is 5.13 Å². The van der Waals surface area contributed by atoms with E-state index in [2.05, 4.69) is 27.1 Å². The van der Waals surface area contributed by atoms with Crippen LogP contribution in [0, 0.1) is 0 Å². The molecule has 1 aromatic rings. The second-order valence-electron chi connectivity index (χ2n) is 7.14. The highest BCUT2D eigenvalue weighted by molar-refractivity contribution is 7.13. The summed E-state index contributed by atoms with van der Waals surface area (Å²) < 4.78 is 5.47. The van der Waals surface area contributed by atoms with Crippen LogP contribution in [0.3, 0.4) is 0 Å². The number of hydrogen-bond acceptors (Lipinski definition) is 6. The molecule has 0 bridgehead atoms. The van der Waals surface area contributed by atoms with Crippen LogP contribution < -0.4 is 4.90 Å². The van der Waals surface area contributed by atoms with Crippen molar-refractivity contribution in [2.24, 2.45) is 0 Å². The van der Waals surface area contributed by atoms with E-state index in [4.69, 9.17) is 9.72 Å². The normalized spacial score (nSPS) is 26.7. The number of hydrogen-bond donors (Lipinski definition) is 0. The summed E-state index contributed by atoms with van der Waals surface area (Å²) in [6, 6.07) is 1.44. The summed E-state index contributed by atoms with van der Waals surface area (Å²) in [4.78, 5) is 12.5. The maximum Gasteiger partial charge on any atom is 0.185 e. The van der Waals surface area contributed by atoms with E-state index in [1.54, 1.807) is 0 Å². The Hall–Kier alpha value is -0.690. The van der Waals surface area contributed by atoms with Gasteiger partial charge in [0.1, 0.15) is 0 Å². The standard InChI is InChI=1S/C17H28N4OS/c1-19(15-4-5-15)17-18-14(13-23-17)11-21-6-2-3-16(21)12-20-7-9-22-10-8-20/h13,15-16H,2-12H2,1H3/t16-/m1/s1. The predicted octanol–water partition coefficient (Wildman–Crippen LogP) is 2.04. The Morgan fingerprint density at radius 1 is 1.26 bits per heavy atom. The summed E-state index contributed by atoms with van der Waals surface area (Å²) in [7, 11) is 2.19. The number of rotatable bonds is 6. The first kappa shape index (κ1) is 15.8. The van der Waals surface area contributed by atoms with Crippen LogP contribution in [-0.2, 0) is 11.3 Å². The summed E-state index contributed by atoms with van der Waals surface area (Å²) >= 11 is 1.81. The highest BCUT2D eigenvalue weighted by atomic mass is 32.1. The minimum absolute atomic E-state index is 0.694. The van der Waals surface area contributed by atoms with Crippen LogP contribution in [0.4, 0.5) is 5.13 Å². The molecule has 3 heterocycles. The molecule has 5 nitrogen and oxygen atoms in total. The van der Waals surface area contributed by atoms with Crippen molar-refractivity contribution in [1.29, 1.82) is 0 Å². The molecule has 0 aromatic carbocycles. The summed E-state index contributed by atoms with van der Waals surface area (Å²) in [6.07, 6.45) is 5.32. The molecule has 4 rings (SSSR count). The SMILES string of the molecule is CN(c1nc(CN2CCC[C@@H]2CN2CCOCC2)cs1)C1CC1. The molecule has 1 aliphatic carbocycles. The molecule has 1 atom stereocenters. The molecule has 2 saturated heterocycles. The molecule has 2 aliphatic heterocycles. The first-order chi connectivity index (χ1) is 11.3. The largest absolute Gasteiger partial charge is 0.379 e. The number of morpholine rings is 1. The van der Waals surface area contributed by atoms with Gasteiger partial charge in [0.25, 0.3) is 0 Å². The number of thiazole rings is 1. The zero-order chi connectivity index (χ0) is 15.6. The van der Waals surface area contributed by atoms with Crippen molar-refractivity contribution in [3.05, 3.63) is 11.1 Å². The van der Waals surface area contributed by atoms with E-state index in [1.807, 2.05) is 11.3 Å². The maximum atomic E-state index is 5.47. The molecule has 0 N–H and O–H groups in total. The predicted molar refractivity (Wildman–Crippen MR) is 94.2 cm³/mol. The Morgan fingerprint density at radius 3 is 2.87 bits per heavy atom. The fourth-order valence-electron chi connectivity index (χ4n) is 3.75. The Balaban J connectivity index is 1.33. The summed E-state index contributed by atoms with van der Waals surface area (Å²) in [5, 5.41) is 3.46. The van der Waals surface area contributed by atoms with Crippen LogP contribution in [0.2, 0.25) is 0 Å². The molecule has 128 valence electrons. The van der Waals surface area contributed by atoms with Gasteiger partial charge < -0.3 is 9.64 Å². The minimum Gasteiger partial charge on any atom is -0.379 e. The van der Waals surface area contributed by atoms with Gasteiger partial charge in [-0.25, -0.2) is 4.98 Å². The molecule has 0 spiro atoms. The van der Waals surface area contributed by atoms with Gasteiger partial charge in [-0.1, -0.05) is 0 Å². The lowest BCUT2D eigenvalue weighted by molar-refractivity contribution is 0.0261. The maximum absolute atomic E-state index is 5.47. The van der Waals surface area contributed by atoms with Gasteiger partial charge in [0.05, 0.1) is 18.9 Å². The van der Waals surface area contributed by atoms with Crippen LogP contribution in [0.15, 0.2) is 5.38 Å². The highest BCUT2D eigenvalue weighted by Crippen LogP contribution is 2.32. The first-order valence-corrected chi connectivity index (χ1v) is 9.89. The first-order valence-electron chi connectivity index (χ1n) is 9.01. The van der Waals surface area contributed by atoms with Crippen molar-refractivity contribution in [2.45, 2.75) is 44.3 Å². The second-order valence-corrected chi connectivity index (χ2v) is 7.98. The van der Waals surface area contributed by atoms with E-state index < -0.39 is 0 Å². The molecule has 0 unspecified atom stereocenters. The lowest BCUT2D eigenvalue weighted by Gasteiger charge is -2.32. The Morgan fingerprint density at radius 2 is 2.09 bits per heavy atom. The molecule has 0 radical (unpaired) electrons. The zero-order valence-electron chi connectivity index (χ0n) is 14.1. The molecule has 3 fully saturated rings. The number of likely N-dealkylation sites (tertiary alicyclic amines) is 1. The second kappa shape index (κ2) is 7.05. The molecular weight excluding hydrogens is 308 g/mol. The van der Waals surface area contributed by atoms with E-state index in [0.29, 0.717) is 6.04 Å². The van der Waals surface area contributed by atoms with E-state index in [-0.39, 0.29) is 0 Å². The van der Waals surface area contributed by atoms with Crippen LogP contribution in [-0.4, -0.2) is 73.3 Å². The van der Waals surface area contributed by atoms with Crippen molar-refractivity contribution < 1.29 is 4.74 Å². The monoisotopic (exact) mass is 336 g/mol. The van der Waals surface area contributed by atoms with E-state index in [1.165, 1.54) is 49.6 Å². The van der Waals surface area contributed by atoms with Gasteiger partial charge in [0.2, 0.25) is 0 Å². The van der Waals surface area contributed by atoms with Gasteiger partial charge in [0, 0.05) is 50.7 Å². The van der Waals surface area contributed by atoms with Crippen molar-refractivity contribution >= 4 is 16.5 Å². The summed E-state index contributed by atoms with van der Waals surface area (Å²) in [6.45, 7) is 7.42. The van der Waals surface area contributed by atoms with Gasteiger partial charge in [-0.2, -0.15) is 0 Å². The topological polar surface area (TPSA) is 31.8 Å². The molecule has 23 heavy (non-hydrogen) atoms. The van der Waals surface area contributed by atoms with E-state index >= 15 is 0 Å². The number of nitrogens with zero attached hydrogens (tertiary/aromatic N) is 4. The Labute approximate surface area is 143 Å². The third-order valence-corrected chi connectivity index (χ3v) is 6.35. The smallest absolute Gasteiger partial charge is 0.185 e. The minimum atomic E-state index is 0.694. The van der Waals surface area contributed by atoms with Crippen LogP contribution in [0.1, 0.15) is 31.4 Å². The third kappa shape index (κ3) is 3.87. The number of ether oxygens (including phenoxy) is 1. The third-order valence-electron chi connectivity index (χ3n) is 5.37. The van der Waals surface area contributed by atoms with Crippen LogP contribution in [0.5, 0.6) is 0 Å². The van der Waals surface area contributed by atoms with Gasteiger partial charge in [-0.15, -0.1) is 11.3 Å². The van der Waals surface area contributed by atoms with Crippen molar-refractivity contribution in [3.8, 4) is 0 Å². The molecule has 6 heteroatoms. The average Bonchev–Trinajstić information content (AvgIpc) is 3.18. The average molecular weight is 337 g/mol. The number of anilines is 1. The lowest BCUT2D eigenvalue weighted by Crippen LogP contribution is -2.44. The van der Waals surface area contributed by atoms with Gasteiger partial charge >= 0.3 is 0 Å². The molecule has 1 aromatic heterocycles. The molecule has 3 aliphatic rings. The molecule has 0 amide bonds. The molecular formula is C17H28N4OS. The van der Waals surface area contributed by atoms with E-state index in [9.17, 15) is 0 Å². The van der Waals surface area contributed by atoms with Crippen molar-refractivity contribution in [3.63, 3.8) is 0 Å². The molecule has 1 saturated carbocycles. The summed E-state index contributed by atoms with van der Waals surface area (Å²) in [5.41, 5.74) is 1.26. The van der Waals surface area contributed by atoms with Gasteiger partial charge in [-0.05, 0) is 32.2 Å². The lowest BCUT2D eigenvalue weighted by atomic mass is 10.2. The van der Waals surface area contributed by atoms with Crippen molar-refractivity contribution in [2.75, 3.05) is 51.3 Å². The van der Waals surface area contributed by atoms with Crippen molar-refractivity contribution in [1.82, 2.24) is 14.8 Å². The fourth-order valence-corrected chi connectivity index (χ4v) is 4.60. The Bertz CT molecular complexity index is 512.